The van der Waals surface area contributed by atoms with Crippen molar-refractivity contribution in [1.29, 1.82) is 0 Å². The molecule has 1 aliphatic carbocycles. The summed E-state index contributed by atoms with van der Waals surface area (Å²) in [6.07, 6.45) is 6.34. The van der Waals surface area contributed by atoms with Crippen LogP contribution in [0.25, 0.3) is 0 Å². The molecule has 0 aliphatic heterocycles. The minimum atomic E-state index is 0.104. The van der Waals surface area contributed by atoms with Crippen molar-refractivity contribution in [3.8, 4) is 0 Å². The Morgan fingerprint density at radius 1 is 1.11 bits per heavy atom. The fraction of sp³-hybridized carbons (Fsp3) is 0.588. The lowest BCUT2D eigenvalue weighted by Gasteiger charge is -2.23. The zero-order chi connectivity index (χ0) is 13.9. The second-order valence-electron chi connectivity index (χ2n) is 6.64. The van der Waals surface area contributed by atoms with Gasteiger partial charge in [-0.2, -0.15) is 0 Å². The molecule has 0 bridgehead atoms. The molecule has 0 amide bonds. The smallest absolute Gasteiger partial charge is 0.103 e. The van der Waals surface area contributed by atoms with Gasteiger partial charge in [-0.15, -0.1) is 0 Å². The maximum absolute atomic E-state index is 6.24. The molecule has 1 aromatic rings. The van der Waals surface area contributed by atoms with E-state index in [2.05, 4.69) is 39.0 Å². The number of hydrogen-bond donors (Lipinski definition) is 1. The lowest BCUT2D eigenvalue weighted by Crippen LogP contribution is -2.25. The summed E-state index contributed by atoms with van der Waals surface area (Å²) < 4.78 is 0. The second kappa shape index (κ2) is 5.77. The number of amidine groups is 1. The van der Waals surface area contributed by atoms with Gasteiger partial charge in [0.15, 0.2) is 0 Å². The van der Waals surface area contributed by atoms with Crippen molar-refractivity contribution in [2.24, 2.45) is 16.6 Å². The average molecular weight is 258 g/mol. The van der Waals surface area contributed by atoms with E-state index in [0.29, 0.717) is 5.92 Å². The van der Waals surface area contributed by atoms with E-state index in [9.17, 15) is 0 Å². The van der Waals surface area contributed by atoms with Crippen molar-refractivity contribution >= 4 is 11.5 Å². The van der Waals surface area contributed by atoms with Crippen LogP contribution in [0.4, 0.5) is 5.69 Å². The lowest BCUT2D eigenvalue weighted by atomic mass is 9.85. The third-order valence-corrected chi connectivity index (χ3v) is 3.99. The molecule has 19 heavy (non-hydrogen) atoms. The van der Waals surface area contributed by atoms with Crippen molar-refractivity contribution in [1.82, 2.24) is 0 Å². The molecule has 2 nitrogen and oxygen atoms in total. The predicted octanol–water partition coefficient (Wildman–Crippen LogP) is 4.55. The molecule has 1 aromatic carbocycles. The van der Waals surface area contributed by atoms with Gasteiger partial charge >= 0.3 is 0 Å². The molecular formula is C17H26N2. The normalized spacial score (nSPS) is 18.6. The van der Waals surface area contributed by atoms with Crippen LogP contribution >= 0.6 is 0 Å². The average Bonchev–Trinajstić information content (AvgIpc) is 2.39. The molecule has 1 fully saturated rings. The summed E-state index contributed by atoms with van der Waals surface area (Å²) in [5.41, 5.74) is 8.66. The Morgan fingerprint density at radius 2 is 1.74 bits per heavy atom. The maximum atomic E-state index is 6.24. The summed E-state index contributed by atoms with van der Waals surface area (Å²) in [6.45, 7) is 6.66. The minimum Gasteiger partial charge on any atom is -0.387 e. The summed E-state index contributed by atoms with van der Waals surface area (Å²) in [6, 6.07) is 8.36. The first-order valence-electron chi connectivity index (χ1n) is 7.42. The van der Waals surface area contributed by atoms with Crippen molar-refractivity contribution in [3.05, 3.63) is 29.8 Å². The number of hydrogen-bond acceptors (Lipinski definition) is 1. The van der Waals surface area contributed by atoms with Gasteiger partial charge in [-0.1, -0.05) is 58.2 Å². The van der Waals surface area contributed by atoms with Gasteiger partial charge in [0.2, 0.25) is 0 Å². The summed E-state index contributed by atoms with van der Waals surface area (Å²) in [4.78, 5) is 4.74. The van der Waals surface area contributed by atoms with Gasteiger partial charge in [-0.05, 0) is 29.9 Å². The molecule has 104 valence electrons. The summed E-state index contributed by atoms with van der Waals surface area (Å²) in [5.74, 6) is 1.32. The van der Waals surface area contributed by atoms with Crippen LogP contribution in [0.3, 0.4) is 0 Å². The minimum absolute atomic E-state index is 0.104. The number of aliphatic imine (C=N–C) groups is 1. The summed E-state index contributed by atoms with van der Waals surface area (Å²) in [7, 11) is 0. The summed E-state index contributed by atoms with van der Waals surface area (Å²) in [5, 5.41) is 0. The SMILES string of the molecule is CC(C)(C)c1ccccc1N=C(N)C1CCCCC1. The van der Waals surface area contributed by atoms with Gasteiger partial charge in [0.25, 0.3) is 0 Å². The fourth-order valence-electron chi connectivity index (χ4n) is 2.83. The van der Waals surface area contributed by atoms with E-state index in [1.807, 2.05) is 6.07 Å². The quantitative estimate of drug-likeness (QED) is 0.613. The largest absolute Gasteiger partial charge is 0.387 e. The molecule has 0 heterocycles. The van der Waals surface area contributed by atoms with E-state index in [0.717, 1.165) is 11.5 Å². The molecule has 0 saturated heterocycles. The molecule has 0 spiro atoms. The van der Waals surface area contributed by atoms with Crippen LogP contribution in [0.1, 0.15) is 58.4 Å². The Kier molecular flexibility index (Phi) is 4.28. The zero-order valence-corrected chi connectivity index (χ0v) is 12.4. The molecule has 1 aliphatic rings. The first kappa shape index (κ1) is 14.1. The maximum Gasteiger partial charge on any atom is 0.103 e. The van der Waals surface area contributed by atoms with Crippen LogP contribution in [0, 0.1) is 5.92 Å². The van der Waals surface area contributed by atoms with E-state index in [1.165, 1.54) is 37.7 Å². The topological polar surface area (TPSA) is 38.4 Å². The second-order valence-corrected chi connectivity index (χ2v) is 6.64. The van der Waals surface area contributed by atoms with E-state index in [-0.39, 0.29) is 5.41 Å². The van der Waals surface area contributed by atoms with Crippen LogP contribution in [-0.2, 0) is 5.41 Å². The number of nitrogens with zero attached hydrogens (tertiary/aromatic N) is 1. The van der Waals surface area contributed by atoms with Gasteiger partial charge in [0.05, 0.1) is 5.69 Å². The van der Waals surface area contributed by atoms with Gasteiger partial charge in [0.1, 0.15) is 5.84 Å². The highest BCUT2D eigenvalue weighted by atomic mass is 14.9. The molecule has 0 atom stereocenters. The highest BCUT2D eigenvalue weighted by molar-refractivity contribution is 5.86. The number of benzene rings is 1. The Labute approximate surface area is 117 Å². The molecule has 2 rings (SSSR count). The van der Waals surface area contributed by atoms with Crippen molar-refractivity contribution in [2.45, 2.75) is 58.3 Å². The highest BCUT2D eigenvalue weighted by Gasteiger charge is 2.20. The van der Waals surface area contributed by atoms with Gasteiger partial charge < -0.3 is 5.73 Å². The molecule has 0 radical (unpaired) electrons. The van der Waals surface area contributed by atoms with E-state index < -0.39 is 0 Å². The fourth-order valence-corrected chi connectivity index (χ4v) is 2.83. The molecule has 1 saturated carbocycles. The van der Waals surface area contributed by atoms with E-state index >= 15 is 0 Å². The van der Waals surface area contributed by atoms with Crippen LogP contribution in [0.5, 0.6) is 0 Å². The number of para-hydroxylation sites is 1. The molecule has 2 N–H and O–H groups in total. The standard InChI is InChI=1S/C17H26N2/c1-17(2,3)14-11-7-8-12-15(14)19-16(18)13-9-5-4-6-10-13/h7-8,11-13H,4-6,9-10H2,1-3H3,(H2,18,19). The summed E-state index contributed by atoms with van der Waals surface area (Å²) >= 11 is 0. The Bertz CT molecular complexity index is 449. The number of nitrogens with two attached hydrogens (primary N) is 1. The highest BCUT2D eigenvalue weighted by Crippen LogP contribution is 2.32. The molecular weight excluding hydrogens is 232 g/mol. The third-order valence-electron chi connectivity index (χ3n) is 3.99. The first-order valence-corrected chi connectivity index (χ1v) is 7.42. The van der Waals surface area contributed by atoms with Crippen LogP contribution < -0.4 is 5.73 Å². The Balaban J connectivity index is 2.26. The first-order chi connectivity index (χ1) is 8.98. The Morgan fingerprint density at radius 3 is 2.37 bits per heavy atom. The monoisotopic (exact) mass is 258 g/mol. The molecule has 0 aromatic heterocycles. The lowest BCUT2D eigenvalue weighted by molar-refractivity contribution is 0.437. The van der Waals surface area contributed by atoms with Crippen molar-refractivity contribution in [3.63, 3.8) is 0 Å². The zero-order valence-electron chi connectivity index (χ0n) is 12.4. The van der Waals surface area contributed by atoms with Crippen LogP contribution in [-0.4, -0.2) is 5.84 Å². The number of rotatable bonds is 2. The van der Waals surface area contributed by atoms with Crippen LogP contribution in [0.2, 0.25) is 0 Å². The van der Waals surface area contributed by atoms with Gasteiger partial charge in [0, 0.05) is 5.92 Å². The predicted molar refractivity (Wildman–Crippen MR) is 83.0 cm³/mol. The Hall–Kier alpha value is -1.31. The van der Waals surface area contributed by atoms with E-state index in [4.69, 9.17) is 10.7 Å². The molecule has 2 heteroatoms. The van der Waals surface area contributed by atoms with Crippen LogP contribution in [0.15, 0.2) is 29.3 Å². The molecule has 0 unspecified atom stereocenters. The van der Waals surface area contributed by atoms with Gasteiger partial charge in [-0.25, -0.2) is 4.99 Å². The third kappa shape index (κ3) is 3.59. The van der Waals surface area contributed by atoms with Gasteiger partial charge in [-0.3, -0.25) is 0 Å². The van der Waals surface area contributed by atoms with Crippen molar-refractivity contribution < 1.29 is 0 Å². The van der Waals surface area contributed by atoms with Crippen molar-refractivity contribution in [2.75, 3.05) is 0 Å². The van der Waals surface area contributed by atoms with E-state index in [1.54, 1.807) is 0 Å².